The van der Waals surface area contributed by atoms with Gasteiger partial charge in [-0.05, 0) is 62.4 Å². The van der Waals surface area contributed by atoms with E-state index in [1.807, 2.05) is 12.1 Å². The zero-order valence-corrected chi connectivity index (χ0v) is 29.9. The Kier molecular flexibility index (Phi) is 14.6. The summed E-state index contributed by atoms with van der Waals surface area (Å²) in [6, 6.07) is 16.9. The van der Waals surface area contributed by atoms with Gasteiger partial charge in [0.15, 0.2) is 28.8 Å². The number of carbonyl (C=O) groups is 2. The molecule has 0 N–H and O–H groups in total. The molecule has 0 aromatic heterocycles. The fourth-order valence-electron chi connectivity index (χ4n) is 3.94. The standard InChI is InChI=1S/C18H12ClFN2O3.C16H12Br2ClFO3/c1-3-24-16(23)8-12-4-5-15(19)18(17(12)20)25-14-7-11(10-21)6-13(9-14)22-2;1-2-22-14(21)5-9-3-4-13(19)16(15(9)20)23-12-7-10(17)6-11(18)8-12/h4-7,9H,3,8H2,1H3;3-4,6-8H,2,5H2,1H3. The molecule has 0 amide bonds. The average Bonchev–Trinajstić information content (AvgIpc) is 3.04. The topological polar surface area (TPSA) is 99.2 Å². The van der Waals surface area contributed by atoms with Crippen LogP contribution in [0.15, 0.2) is 69.6 Å². The first kappa shape index (κ1) is 38.2. The lowest BCUT2D eigenvalue weighted by Crippen LogP contribution is -2.09. The largest absolute Gasteiger partial charge is 0.466 e. The Hall–Kier alpha value is -4.20. The van der Waals surface area contributed by atoms with Crippen LogP contribution in [0.5, 0.6) is 23.0 Å². The van der Waals surface area contributed by atoms with Crippen LogP contribution in [-0.4, -0.2) is 25.2 Å². The SMILES string of the molecule is CCOC(=O)Cc1ccc(Cl)c(Oc2cc(Br)cc(Br)c2)c1F.[C-]#[N+]c1cc(C#N)cc(Oc2c(Cl)ccc(CC(=O)OCC)c2F)c1. The lowest BCUT2D eigenvalue weighted by Gasteiger charge is -2.12. The summed E-state index contributed by atoms with van der Waals surface area (Å²) in [5.74, 6) is -2.47. The first-order chi connectivity index (χ1) is 22.9. The van der Waals surface area contributed by atoms with Crippen LogP contribution in [0.1, 0.15) is 30.5 Å². The van der Waals surface area contributed by atoms with E-state index in [4.69, 9.17) is 54.0 Å². The molecule has 0 saturated carbocycles. The highest BCUT2D eigenvalue weighted by Gasteiger charge is 2.19. The van der Waals surface area contributed by atoms with Crippen LogP contribution >= 0.6 is 55.1 Å². The zero-order chi connectivity index (χ0) is 35.4. The molecule has 0 saturated heterocycles. The van der Waals surface area contributed by atoms with Gasteiger partial charge in [0.2, 0.25) is 0 Å². The molecule has 0 heterocycles. The van der Waals surface area contributed by atoms with E-state index in [2.05, 4.69) is 36.7 Å². The van der Waals surface area contributed by atoms with Gasteiger partial charge in [0.25, 0.3) is 0 Å². The summed E-state index contributed by atoms with van der Waals surface area (Å²) in [6.45, 7) is 10.8. The fraction of sp³-hybridized carbons (Fsp3) is 0.176. The second-order valence-electron chi connectivity index (χ2n) is 9.41. The fourth-order valence-corrected chi connectivity index (χ4v) is 5.56. The Bertz CT molecular complexity index is 1860. The van der Waals surface area contributed by atoms with E-state index in [9.17, 15) is 18.4 Å². The van der Waals surface area contributed by atoms with E-state index in [1.54, 1.807) is 26.0 Å². The van der Waals surface area contributed by atoms with Gasteiger partial charge in [0.1, 0.15) is 11.5 Å². The first-order valence-corrected chi connectivity index (χ1v) is 16.2. The molecule has 4 rings (SSSR count). The Morgan fingerprint density at radius 3 is 1.67 bits per heavy atom. The molecule has 14 heteroatoms. The minimum Gasteiger partial charge on any atom is -0.466 e. The summed E-state index contributed by atoms with van der Waals surface area (Å²) in [7, 11) is 0. The van der Waals surface area contributed by atoms with Gasteiger partial charge in [0.05, 0.1) is 48.7 Å². The molecule has 0 atom stereocenters. The maximum Gasteiger partial charge on any atom is 0.310 e. The van der Waals surface area contributed by atoms with Gasteiger partial charge in [-0.25, -0.2) is 13.6 Å². The molecule has 4 aromatic carbocycles. The Balaban J connectivity index is 0.000000261. The van der Waals surface area contributed by atoms with Crippen molar-refractivity contribution in [1.29, 1.82) is 5.26 Å². The van der Waals surface area contributed by atoms with Crippen molar-refractivity contribution in [3.05, 3.63) is 119 Å². The summed E-state index contributed by atoms with van der Waals surface area (Å²) in [5.41, 5.74) is 0.604. The molecule has 0 fully saturated rings. The molecule has 0 spiro atoms. The summed E-state index contributed by atoms with van der Waals surface area (Å²) in [6.07, 6.45) is -0.450. The molecule has 4 aromatic rings. The van der Waals surface area contributed by atoms with E-state index < -0.39 is 23.6 Å². The van der Waals surface area contributed by atoms with Crippen LogP contribution in [0.3, 0.4) is 0 Å². The van der Waals surface area contributed by atoms with Crippen LogP contribution in [0.25, 0.3) is 4.85 Å². The molecule has 8 nitrogen and oxygen atoms in total. The van der Waals surface area contributed by atoms with Crippen molar-refractivity contribution in [2.24, 2.45) is 0 Å². The summed E-state index contributed by atoms with van der Waals surface area (Å²) < 4.78 is 51.4. The van der Waals surface area contributed by atoms with Crippen LogP contribution in [-0.2, 0) is 31.9 Å². The molecule has 0 aliphatic carbocycles. The highest BCUT2D eigenvalue weighted by molar-refractivity contribution is 9.11. The molecular formula is C34H24Br2Cl2F2N2O6. The van der Waals surface area contributed by atoms with Gasteiger partial charge in [-0.3, -0.25) is 9.59 Å². The van der Waals surface area contributed by atoms with Crippen LogP contribution < -0.4 is 9.47 Å². The van der Waals surface area contributed by atoms with Crippen molar-refractivity contribution in [2.45, 2.75) is 26.7 Å². The van der Waals surface area contributed by atoms with Crippen LogP contribution in [0.2, 0.25) is 10.0 Å². The van der Waals surface area contributed by atoms with Gasteiger partial charge >= 0.3 is 11.9 Å². The number of carbonyl (C=O) groups excluding carboxylic acids is 2. The normalized spacial score (nSPS) is 10.1. The summed E-state index contributed by atoms with van der Waals surface area (Å²) in [4.78, 5) is 26.3. The molecule has 0 aliphatic heterocycles. The third-order valence-electron chi connectivity index (χ3n) is 5.96. The molecular weight excluding hydrogens is 801 g/mol. The molecule has 48 heavy (non-hydrogen) atoms. The lowest BCUT2D eigenvalue weighted by molar-refractivity contribution is -0.143. The van der Waals surface area contributed by atoms with E-state index in [1.165, 1.54) is 42.5 Å². The smallest absolute Gasteiger partial charge is 0.310 e. The number of hydrogen-bond donors (Lipinski definition) is 0. The van der Waals surface area contributed by atoms with Crippen molar-refractivity contribution in [1.82, 2.24) is 0 Å². The van der Waals surface area contributed by atoms with Crippen LogP contribution in [0, 0.1) is 29.5 Å². The molecule has 0 bridgehead atoms. The second-order valence-corrected chi connectivity index (χ2v) is 12.1. The molecule has 0 radical (unpaired) electrons. The summed E-state index contributed by atoms with van der Waals surface area (Å²) >= 11 is 18.7. The lowest BCUT2D eigenvalue weighted by atomic mass is 10.1. The van der Waals surface area contributed by atoms with Gasteiger partial charge in [-0.15, -0.1) is 0 Å². The number of hydrogen-bond acceptors (Lipinski definition) is 7. The monoisotopic (exact) mass is 822 g/mol. The van der Waals surface area contributed by atoms with E-state index in [-0.39, 0.29) is 75.7 Å². The zero-order valence-electron chi connectivity index (χ0n) is 25.2. The quantitative estimate of drug-likeness (QED) is 0.116. The van der Waals surface area contributed by atoms with Gasteiger partial charge in [0, 0.05) is 25.6 Å². The minimum absolute atomic E-state index is 0.00293. The maximum absolute atomic E-state index is 14.6. The minimum atomic E-state index is -0.799. The second kappa shape index (κ2) is 18.4. The van der Waals surface area contributed by atoms with Crippen molar-refractivity contribution >= 4 is 72.7 Å². The van der Waals surface area contributed by atoms with Crippen molar-refractivity contribution in [2.75, 3.05) is 13.2 Å². The predicted molar refractivity (Wildman–Crippen MR) is 183 cm³/mol. The number of ether oxygens (including phenoxy) is 4. The number of nitriles is 1. The third kappa shape index (κ3) is 10.9. The highest BCUT2D eigenvalue weighted by atomic mass is 79.9. The Morgan fingerprint density at radius 2 is 1.25 bits per heavy atom. The summed E-state index contributed by atoms with van der Waals surface area (Å²) in [5, 5.41) is 9.10. The number of rotatable bonds is 10. The first-order valence-electron chi connectivity index (χ1n) is 13.9. The van der Waals surface area contributed by atoms with Crippen molar-refractivity contribution < 1.29 is 37.3 Å². The highest BCUT2D eigenvalue weighted by Crippen LogP contribution is 2.37. The Morgan fingerprint density at radius 1 is 0.792 bits per heavy atom. The van der Waals surface area contributed by atoms with Gasteiger partial charge in [-0.2, -0.15) is 5.26 Å². The Labute approximate surface area is 302 Å². The number of halogens is 6. The molecule has 0 unspecified atom stereocenters. The number of esters is 2. The predicted octanol–water partition coefficient (Wildman–Crippen LogP) is 10.7. The molecule has 248 valence electrons. The number of nitrogens with zero attached hydrogens (tertiary/aromatic N) is 2. The van der Waals surface area contributed by atoms with Gasteiger partial charge in [-0.1, -0.05) is 67.2 Å². The van der Waals surface area contributed by atoms with Crippen LogP contribution in [0.4, 0.5) is 14.5 Å². The maximum atomic E-state index is 14.6. The van der Waals surface area contributed by atoms with E-state index in [0.29, 0.717) is 5.75 Å². The average molecular weight is 825 g/mol. The van der Waals surface area contributed by atoms with E-state index in [0.717, 1.165) is 8.95 Å². The van der Waals surface area contributed by atoms with E-state index >= 15 is 0 Å². The third-order valence-corrected chi connectivity index (χ3v) is 7.47. The van der Waals surface area contributed by atoms with Crippen molar-refractivity contribution in [3.8, 4) is 29.1 Å². The number of benzene rings is 4. The van der Waals surface area contributed by atoms with Gasteiger partial charge < -0.3 is 18.9 Å². The molecule has 0 aliphatic rings. The van der Waals surface area contributed by atoms with Crippen molar-refractivity contribution in [3.63, 3.8) is 0 Å².